The molecule has 0 spiro atoms. The summed E-state index contributed by atoms with van der Waals surface area (Å²) in [6.45, 7) is 4.56. The van der Waals surface area contributed by atoms with Gasteiger partial charge in [-0.3, -0.25) is 4.79 Å². The lowest BCUT2D eigenvalue weighted by atomic mass is 10.1. The topological polar surface area (TPSA) is 73.0 Å². The van der Waals surface area contributed by atoms with E-state index < -0.39 is 0 Å². The molecule has 1 aromatic carbocycles. The number of thiophene rings is 1. The third-order valence-electron chi connectivity index (χ3n) is 4.70. The minimum absolute atomic E-state index is 0.150. The zero-order valence-electron chi connectivity index (χ0n) is 16.4. The summed E-state index contributed by atoms with van der Waals surface area (Å²) in [5.74, 6) is 1.73. The Hall–Kier alpha value is -3.19. The normalized spacial score (nSPS) is 11.0. The molecule has 0 bridgehead atoms. The average Bonchev–Trinajstić information content (AvgIpc) is 3.46. The largest absolute Gasteiger partial charge is 0.440 e. The van der Waals surface area contributed by atoms with Gasteiger partial charge in [0.1, 0.15) is 11.6 Å². The number of hydrogen-bond donors (Lipinski definition) is 1. The van der Waals surface area contributed by atoms with E-state index in [4.69, 9.17) is 4.42 Å². The summed E-state index contributed by atoms with van der Waals surface area (Å²) in [5.41, 5.74) is 3.08. The number of oxazole rings is 1. The van der Waals surface area contributed by atoms with E-state index in [-0.39, 0.29) is 12.3 Å². The van der Waals surface area contributed by atoms with Crippen LogP contribution in [-0.2, 0) is 24.2 Å². The van der Waals surface area contributed by atoms with Crippen LogP contribution in [0.2, 0.25) is 0 Å². The molecule has 0 radical (unpaired) electrons. The van der Waals surface area contributed by atoms with Crippen LogP contribution in [-0.4, -0.2) is 20.7 Å². The van der Waals surface area contributed by atoms with Crippen LogP contribution in [0.5, 0.6) is 0 Å². The fraction of sp³-hybridized carbons (Fsp3) is 0.227. The number of aromatic nitrogens is 3. The fourth-order valence-electron chi connectivity index (χ4n) is 3.05. The van der Waals surface area contributed by atoms with E-state index >= 15 is 0 Å². The maximum absolute atomic E-state index is 12.6. The molecule has 6 nitrogen and oxygen atoms in total. The molecule has 0 aliphatic heterocycles. The van der Waals surface area contributed by atoms with Crippen LogP contribution < -0.4 is 5.32 Å². The van der Waals surface area contributed by atoms with Crippen molar-refractivity contribution in [1.82, 2.24) is 14.8 Å². The van der Waals surface area contributed by atoms with Gasteiger partial charge in [-0.05, 0) is 35.9 Å². The van der Waals surface area contributed by atoms with E-state index in [1.807, 2.05) is 24.4 Å². The summed E-state index contributed by atoms with van der Waals surface area (Å²) in [7, 11) is 0. The second kappa shape index (κ2) is 8.45. The molecule has 0 aliphatic rings. The van der Waals surface area contributed by atoms with E-state index in [1.54, 1.807) is 28.3 Å². The third kappa shape index (κ3) is 4.46. The third-order valence-corrected chi connectivity index (χ3v) is 5.56. The molecule has 4 rings (SSSR count). The first-order chi connectivity index (χ1) is 14.1. The highest BCUT2D eigenvalue weighted by atomic mass is 32.1. The molecule has 0 unspecified atom stereocenters. The second-order valence-corrected chi connectivity index (χ2v) is 7.72. The first kappa shape index (κ1) is 19.1. The van der Waals surface area contributed by atoms with Crippen molar-refractivity contribution in [2.75, 3.05) is 5.32 Å². The zero-order chi connectivity index (χ0) is 20.2. The summed E-state index contributed by atoms with van der Waals surface area (Å²) < 4.78 is 7.50. The van der Waals surface area contributed by atoms with Crippen LogP contribution in [0.25, 0.3) is 10.8 Å². The molecule has 7 heteroatoms. The number of benzene rings is 1. The minimum Gasteiger partial charge on any atom is -0.440 e. The molecule has 1 N–H and O–H groups in total. The molecule has 0 atom stereocenters. The molecule has 0 saturated carbocycles. The number of rotatable bonds is 7. The van der Waals surface area contributed by atoms with Gasteiger partial charge in [0, 0.05) is 6.07 Å². The van der Waals surface area contributed by atoms with E-state index in [0.29, 0.717) is 29.7 Å². The maximum atomic E-state index is 12.6. The Morgan fingerprint density at radius 1 is 1.17 bits per heavy atom. The molecule has 1 amide bonds. The molecule has 3 heterocycles. The van der Waals surface area contributed by atoms with Crippen molar-refractivity contribution in [3.05, 3.63) is 76.6 Å². The van der Waals surface area contributed by atoms with Gasteiger partial charge in [0.15, 0.2) is 0 Å². The Balaban J connectivity index is 1.42. The van der Waals surface area contributed by atoms with Gasteiger partial charge in [0.25, 0.3) is 0 Å². The Kier molecular flexibility index (Phi) is 5.57. The van der Waals surface area contributed by atoms with Crippen molar-refractivity contribution >= 4 is 23.1 Å². The lowest BCUT2D eigenvalue weighted by molar-refractivity contribution is -0.115. The van der Waals surface area contributed by atoms with Crippen molar-refractivity contribution in [2.45, 2.75) is 33.2 Å². The van der Waals surface area contributed by atoms with Crippen LogP contribution in [0.4, 0.5) is 5.82 Å². The van der Waals surface area contributed by atoms with Crippen LogP contribution in [0.1, 0.15) is 29.5 Å². The van der Waals surface area contributed by atoms with Gasteiger partial charge < -0.3 is 9.73 Å². The summed E-state index contributed by atoms with van der Waals surface area (Å²) in [4.78, 5) is 18.0. The lowest BCUT2D eigenvalue weighted by Gasteiger charge is -2.09. The van der Waals surface area contributed by atoms with E-state index in [0.717, 1.165) is 16.9 Å². The van der Waals surface area contributed by atoms with Crippen LogP contribution in [0, 0.1) is 6.92 Å². The number of carbonyl (C=O) groups is 1. The lowest BCUT2D eigenvalue weighted by Crippen LogP contribution is -2.18. The Morgan fingerprint density at radius 3 is 2.69 bits per heavy atom. The molecule has 3 aromatic heterocycles. The van der Waals surface area contributed by atoms with Gasteiger partial charge in [-0.15, -0.1) is 11.3 Å². The molecule has 0 fully saturated rings. The SMILES string of the molecule is CCc1ccc(Cn2nccc2NC(=O)Cc2nc(-c3cccs3)oc2C)cc1. The standard InChI is InChI=1S/C22H22N4O2S/c1-3-16-6-8-17(9-7-16)14-26-20(10-11-23-26)25-21(27)13-18-15(2)28-22(24-18)19-5-4-12-29-19/h4-12H,3,13-14H2,1-2H3,(H,25,27). The quantitative estimate of drug-likeness (QED) is 0.483. The predicted octanol–water partition coefficient (Wildman–Crippen LogP) is 4.70. The van der Waals surface area contributed by atoms with E-state index in [1.165, 1.54) is 5.56 Å². The number of amides is 1. The number of nitrogens with one attached hydrogen (secondary N) is 1. The highest BCUT2D eigenvalue weighted by Crippen LogP contribution is 2.26. The Bertz CT molecular complexity index is 1090. The second-order valence-electron chi connectivity index (χ2n) is 6.77. The van der Waals surface area contributed by atoms with Crippen molar-refractivity contribution in [1.29, 1.82) is 0 Å². The van der Waals surface area contributed by atoms with Crippen molar-refractivity contribution in [2.24, 2.45) is 0 Å². The predicted molar refractivity (Wildman–Crippen MR) is 114 cm³/mol. The van der Waals surface area contributed by atoms with Crippen molar-refractivity contribution in [3.8, 4) is 10.8 Å². The van der Waals surface area contributed by atoms with E-state index in [9.17, 15) is 4.79 Å². The Labute approximate surface area is 173 Å². The maximum Gasteiger partial charge on any atom is 0.236 e. The first-order valence-electron chi connectivity index (χ1n) is 9.52. The highest BCUT2D eigenvalue weighted by molar-refractivity contribution is 7.13. The number of carbonyl (C=O) groups excluding carboxylic acids is 1. The molecule has 148 valence electrons. The minimum atomic E-state index is -0.151. The summed E-state index contributed by atoms with van der Waals surface area (Å²) in [6, 6.07) is 14.1. The molecular formula is C22H22N4O2S. The molecule has 0 aliphatic carbocycles. The summed E-state index contributed by atoms with van der Waals surface area (Å²) in [5, 5.41) is 9.24. The van der Waals surface area contributed by atoms with Crippen molar-refractivity contribution in [3.63, 3.8) is 0 Å². The van der Waals surface area contributed by atoms with Crippen LogP contribution >= 0.6 is 11.3 Å². The van der Waals surface area contributed by atoms with Gasteiger partial charge in [-0.2, -0.15) is 5.10 Å². The number of aryl methyl sites for hydroxylation is 2. The fourth-order valence-corrected chi connectivity index (χ4v) is 3.70. The molecule has 0 saturated heterocycles. The van der Waals surface area contributed by atoms with Crippen LogP contribution in [0.15, 0.2) is 58.5 Å². The Morgan fingerprint density at radius 2 is 1.97 bits per heavy atom. The van der Waals surface area contributed by atoms with Crippen molar-refractivity contribution < 1.29 is 9.21 Å². The summed E-state index contributed by atoms with van der Waals surface area (Å²) >= 11 is 1.56. The molecule has 29 heavy (non-hydrogen) atoms. The van der Waals surface area contributed by atoms with Gasteiger partial charge in [0.05, 0.1) is 29.7 Å². The highest BCUT2D eigenvalue weighted by Gasteiger charge is 2.16. The molecular weight excluding hydrogens is 384 g/mol. The van der Waals surface area contributed by atoms with Crippen LogP contribution in [0.3, 0.4) is 0 Å². The van der Waals surface area contributed by atoms with Gasteiger partial charge in [-0.1, -0.05) is 37.3 Å². The smallest absolute Gasteiger partial charge is 0.236 e. The number of hydrogen-bond acceptors (Lipinski definition) is 5. The monoisotopic (exact) mass is 406 g/mol. The van der Waals surface area contributed by atoms with Gasteiger partial charge in [0.2, 0.25) is 11.8 Å². The molecule has 4 aromatic rings. The van der Waals surface area contributed by atoms with Gasteiger partial charge >= 0.3 is 0 Å². The average molecular weight is 407 g/mol. The van der Waals surface area contributed by atoms with Gasteiger partial charge in [-0.25, -0.2) is 9.67 Å². The first-order valence-corrected chi connectivity index (χ1v) is 10.4. The number of nitrogens with zero attached hydrogens (tertiary/aromatic N) is 3. The zero-order valence-corrected chi connectivity index (χ0v) is 17.2. The van der Waals surface area contributed by atoms with E-state index in [2.05, 4.69) is 46.6 Å². The number of anilines is 1. The summed E-state index contributed by atoms with van der Waals surface area (Å²) in [6.07, 6.45) is 2.85.